The highest BCUT2D eigenvalue weighted by molar-refractivity contribution is 5.97. The molecule has 0 aliphatic carbocycles. The summed E-state index contributed by atoms with van der Waals surface area (Å²) in [6.07, 6.45) is -7.11. The van der Waals surface area contributed by atoms with Crippen molar-refractivity contribution in [2.75, 3.05) is 6.61 Å². The fourth-order valence-electron chi connectivity index (χ4n) is 1.70. The van der Waals surface area contributed by atoms with Crippen molar-refractivity contribution >= 4 is 5.84 Å². The van der Waals surface area contributed by atoms with E-state index in [0.717, 1.165) is 17.1 Å². The average Bonchev–Trinajstić information content (AvgIpc) is 3.13. The molecule has 2 aromatic rings. The molecule has 0 saturated carbocycles. The molecule has 0 bridgehead atoms. The first-order chi connectivity index (χ1) is 13.0. The zero-order valence-corrected chi connectivity index (χ0v) is 14.4. The molecule has 1 atom stereocenters. The minimum Gasteiger partial charge on any atom is -0.471 e. The molecule has 2 heterocycles. The second-order valence-corrected chi connectivity index (χ2v) is 5.60. The largest absolute Gasteiger partial charge is 0.471 e. The molecule has 154 valence electrons. The Kier molecular flexibility index (Phi) is 6.41. The summed E-state index contributed by atoms with van der Waals surface area (Å²) in [7, 11) is 0. The van der Waals surface area contributed by atoms with Gasteiger partial charge in [-0.25, -0.2) is 19.3 Å². The van der Waals surface area contributed by atoms with Gasteiger partial charge in [0, 0.05) is 6.07 Å². The topological polar surface area (TPSA) is 87.3 Å². The highest BCUT2D eigenvalue weighted by Gasteiger charge is 2.57. The van der Waals surface area contributed by atoms with Crippen LogP contribution in [0.15, 0.2) is 30.2 Å². The lowest BCUT2D eigenvalue weighted by molar-refractivity contribution is -0.250. The summed E-state index contributed by atoms with van der Waals surface area (Å²) in [6.45, 7) is 1.49. The van der Waals surface area contributed by atoms with E-state index in [9.17, 15) is 26.3 Å². The zero-order chi connectivity index (χ0) is 20.9. The predicted octanol–water partition coefficient (Wildman–Crippen LogP) is 2.62. The van der Waals surface area contributed by atoms with Crippen LogP contribution in [0.4, 0.5) is 26.3 Å². The zero-order valence-electron chi connectivity index (χ0n) is 14.4. The van der Waals surface area contributed by atoms with Crippen molar-refractivity contribution in [2.24, 2.45) is 5.16 Å². The molecule has 0 amide bonds. The lowest BCUT2D eigenvalue weighted by Crippen LogP contribution is -2.45. The van der Waals surface area contributed by atoms with E-state index < -0.39 is 30.8 Å². The Labute approximate surface area is 154 Å². The molecule has 14 heteroatoms. The van der Waals surface area contributed by atoms with Gasteiger partial charge in [0.2, 0.25) is 11.7 Å². The SMILES string of the molecule is CC(C)ON=C(c1cc(OCC(F)(F)C(F)C(F)(F)F)ncn1)n1cncn1. The number of aromatic nitrogens is 5. The predicted molar refractivity (Wildman–Crippen MR) is 81.6 cm³/mol. The van der Waals surface area contributed by atoms with Gasteiger partial charge in [-0.2, -0.15) is 31.7 Å². The fraction of sp³-hybridized carbons (Fsp3) is 0.500. The van der Waals surface area contributed by atoms with E-state index in [2.05, 4.69) is 29.9 Å². The van der Waals surface area contributed by atoms with Gasteiger partial charge in [-0.1, -0.05) is 5.16 Å². The first-order valence-electron chi connectivity index (χ1n) is 7.63. The molecule has 0 saturated heterocycles. The number of ether oxygens (including phenoxy) is 1. The fourth-order valence-corrected chi connectivity index (χ4v) is 1.70. The second kappa shape index (κ2) is 8.39. The number of rotatable bonds is 7. The summed E-state index contributed by atoms with van der Waals surface area (Å²) in [5, 5.41) is 7.66. The van der Waals surface area contributed by atoms with Crippen molar-refractivity contribution in [3.63, 3.8) is 0 Å². The van der Waals surface area contributed by atoms with Crippen molar-refractivity contribution in [3.8, 4) is 5.88 Å². The summed E-state index contributed by atoms with van der Waals surface area (Å²) >= 11 is 0. The minimum absolute atomic E-state index is 0.0212. The Morgan fingerprint density at radius 1 is 1.18 bits per heavy atom. The monoisotopic (exact) mass is 412 g/mol. The van der Waals surface area contributed by atoms with Crippen LogP contribution in [-0.2, 0) is 4.84 Å². The van der Waals surface area contributed by atoms with Crippen molar-refractivity contribution < 1.29 is 35.9 Å². The maximum atomic E-state index is 13.4. The van der Waals surface area contributed by atoms with Crippen LogP contribution in [-0.4, -0.2) is 61.5 Å². The molecular formula is C14H14F6N6O2. The van der Waals surface area contributed by atoms with E-state index in [-0.39, 0.29) is 17.6 Å². The molecule has 2 rings (SSSR count). The lowest BCUT2D eigenvalue weighted by atomic mass is 10.2. The number of alkyl halides is 6. The van der Waals surface area contributed by atoms with Crippen molar-refractivity contribution in [1.82, 2.24) is 24.7 Å². The Morgan fingerprint density at radius 2 is 1.89 bits per heavy atom. The third kappa shape index (κ3) is 5.53. The Morgan fingerprint density at radius 3 is 2.46 bits per heavy atom. The summed E-state index contributed by atoms with van der Waals surface area (Å²) in [5.74, 6) is -5.37. The maximum absolute atomic E-state index is 13.4. The first kappa shape index (κ1) is 21.4. The Hall–Kier alpha value is -2.93. The van der Waals surface area contributed by atoms with Crippen LogP contribution in [0.1, 0.15) is 19.5 Å². The number of nitrogens with zero attached hydrogens (tertiary/aromatic N) is 6. The highest BCUT2D eigenvalue weighted by atomic mass is 19.4. The van der Waals surface area contributed by atoms with E-state index >= 15 is 0 Å². The molecule has 0 N–H and O–H groups in total. The van der Waals surface area contributed by atoms with Gasteiger partial charge < -0.3 is 9.57 Å². The van der Waals surface area contributed by atoms with E-state index in [1.807, 2.05) is 0 Å². The molecule has 0 fully saturated rings. The van der Waals surface area contributed by atoms with Crippen LogP contribution in [0.25, 0.3) is 0 Å². The average molecular weight is 412 g/mol. The molecule has 28 heavy (non-hydrogen) atoms. The summed E-state index contributed by atoms with van der Waals surface area (Å²) < 4.78 is 81.8. The van der Waals surface area contributed by atoms with Crippen LogP contribution in [0, 0.1) is 0 Å². The lowest BCUT2D eigenvalue weighted by Gasteiger charge is -2.22. The molecule has 0 aliphatic heterocycles. The highest BCUT2D eigenvalue weighted by Crippen LogP contribution is 2.35. The van der Waals surface area contributed by atoms with E-state index in [4.69, 9.17) is 4.84 Å². The van der Waals surface area contributed by atoms with Gasteiger partial charge in [0.15, 0.2) is 6.61 Å². The van der Waals surface area contributed by atoms with Gasteiger partial charge in [-0.05, 0) is 13.8 Å². The molecule has 1 unspecified atom stereocenters. The van der Waals surface area contributed by atoms with E-state index in [1.165, 1.54) is 12.7 Å². The van der Waals surface area contributed by atoms with E-state index in [1.54, 1.807) is 13.8 Å². The van der Waals surface area contributed by atoms with Crippen molar-refractivity contribution in [1.29, 1.82) is 0 Å². The maximum Gasteiger partial charge on any atom is 0.425 e. The summed E-state index contributed by atoms with van der Waals surface area (Å²) in [6, 6.07) is 1.00. The van der Waals surface area contributed by atoms with Gasteiger partial charge in [-0.3, -0.25) is 0 Å². The summed E-state index contributed by atoms with van der Waals surface area (Å²) in [5.41, 5.74) is -0.0212. The van der Waals surface area contributed by atoms with Gasteiger partial charge >= 0.3 is 12.1 Å². The third-order valence-corrected chi connectivity index (χ3v) is 2.93. The molecule has 0 spiro atoms. The van der Waals surface area contributed by atoms with Gasteiger partial charge in [0.05, 0.1) is 0 Å². The molecule has 0 radical (unpaired) electrons. The number of hydrogen-bond donors (Lipinski definition) is 0. The van der Waals surface area contributed by atoms with E-state index in [0.29, 0.717) is 0 Å². The van der Waals surface area contributed by atoms with Gasteiger partial charge in [0.1, 0.15) is 30.8 Å². The van der Waals surface area contributed by atoms with Gasteiger partial charge in [-0.15, -0.1) is 0 Å². The second-order valence-electron chi connectivity index (χ2n) is 5.60. The molecule has 0 aliphatic rings. The smallest absolute Gasteiger partial charge is 0.425 e. The quantitative estimate of drug-likeness (QED) is 0.301. The number of halogens is 6. The third-order valence-electron chi connectivity index (χ3n) is 2.93. The van der Waals surface area contributed by atoms with Crippen molar-refractivity contribution in [2.45, 2.75) is 38.2 Å². The van der Waals surface area contributed by atoms with Crippen molar-refractivity contribution in [3.05, 3.63) is 30.7 Å². The Bertz CT molecular complexity index is 796. The number of oxime groups is 1. The minimum atomic E-state index is -5.73. The van der Waals surface area contributed by atoms with Crippen LogP contribution in [0.5, 0.6) is 5.88 Å². The van der Waals surface area contributed by atoms with Crippen LogP contribution >= 0.6 is 0 Å². The normalized spacial score (nSPS) is 14.2. The van der Waals surface area contributed by atoms with Crippen LogP contribution in [0.2, 0.25) is 0 Å². The molecule has 2 aromatic heterocycles. The van der Waals surface area contributed by atoms with Crippen LogP contribution in [0.3, 0.4) is 0 Å². The molecule has 8 nitrogen and oxygen atoms in total. The van der Waals surface area contributed by atoms with Gasteiger partial charge in [0.25, 0.3) is 6.17 Å². The Balaban J connectivity index is 2.21. The molecular weight excluding hydrogens is 398 g/mol. The number of hydrogen-bond acceptors (Lipinski definition) is 7. The standard InChI is InChI=1S/C14H14F6N6O2/c1-8(2)28-25-11(26-7-21-5-24-26)9-3-10(23-6-22-9)27-4-13(16,17)12(15)14(18,19)20/h3,5-8,12H,4H2,1-2H3. The first-order valence-corrected chi connectivity index (χ1v) is 7.63. The van der Waals surface area contributed by atoms with Crippen LogP contribution < -0.4 is 4.74 Å². The molecule has 0 aromatic carbocycles. The summed E-state index contributed by atoms with van der Waals surface area (Å²) in [4.78, 5) is 16.2.